The van der Waals surface area contributed by atoms with Gasteiger partial charge < -0.3 is 19.4 Å². The van der Waals surface area contributed by atoms with Crippen LogP contribution in [0.15, 0.2) is 36.9 Å². The lowest BCUT2D eigenvalue weighted by atomic mass is 10.2. The van der Waals surface area contributed by atoms with E-state index in [1.165, 1.54) is 0 Å². The number of ether oxygens (including phenoxy) is 2. The Balaban J connectivity index is 1.32. The third-order valence-corrected chi connectivity index (χ3v) is 5.70. The molecule has 1 aliphatic carbocycles. The van der Waals surface area contributed by atoms with Crippen LogP contribution in [0.3, 0.4) is 0 Å². The van der Waals surface area contributed by atoms with Crippen molar-refractivity contribution in [1.29, 1.82) is 0 Å². The molecule has 0 saturated carbocycles. The van der Waals surface area contributed by atoms with E-state index in [9.17, 15) is 4.79 Å². The lowest BCUT2D eigenvalue weighted by Crippen LogP contribution is -2.37. The van der Waals surface area contributed by atoms with Gasteiger partial charge in [-0.05, 0) is 41.8 Å². The zero-order valence-corrected chi connectivity index (χ0v) is 18.4. The molecule has 0 amide bonds. The third-order valence-electron chi connectivity index (χ3n) is 5.70. The van der Waals surface area contributed by atoms with E-state index in [2.05, 4.69) is 33.6 Å². The fraction of sp³-hybridized carbons (Fsp3) is 0.346. The molecule has 32 heavy (non-hydrogen) atoms. The Labute approximate surface area is 188 Å². The molecule has 0 aromatic carbocycles. The summed E-state index contributed by atoms with van der Waals surface area (Å²) in [5, 5.41) is 2.02. The minimum atomic E-state index is -0.0639. The van der Waals surface area contributed by atoms with Crippen molar-refractivity contribution >= 4 is 30.1 Å². The summed E-state index contributed by atoms with van der Waals surface area (Å²) in [4.78, 5) is 21.9. The Hall–Kier alpha value is -2.93. The second-order valence-electron chi connectivity index (χ2n) is 7.96. The maximum Gasteiger partial charge on any atom is 0.225 e. The van der Waals surface area contributed by atoms with Gasteiger partial charge in [-0.15, -0.1) is 0 Å². The van der Waals surface area contributed by atoms with E-state index < -0.39 is 0 Å². The number of nitrogens with one attached hydrogen (secondary N) is 2. The topological polar surface area (TPSA) is 70.3 Å². The molecule has 2 aliphatic rings. The summed E-state index contributed by atoms with van der Waals surface area (Å²) >= 11 is 0. The number of rotatable bonds is 10. The molecule has 6 nitrogen and oxygen atoms in total. The second kappa shape index (κ2) is 11.1. The summed E-state index contributed by atoms with van der Waals surface area (Å²) in [7, 11) is 0. The van der Waals surface area contributed by atoms with Crippen molar-refractivity contribution in [2.24, 2.45) is 0 Å². The molecule has 0 atom stereocenters. The SMILES string of the molecule is C=Cc1cc(C(=O)c2cc3c([nH]2)=CCC=CC=3)[nH]c1/C=C\COCCCN1CCOCC1. The fourth-order valence-electron chi connectivity index (χ4n) is 3.94. The second-order valence-corrected chi connectivity index (χ2v) is 7.96. The highest BCUT2D eigenvalue weighted by atomic mass is 16.5. The summed E-state index contributed by atoms with van der Waals surface area (Å²) in [6.45, 7) is 9.86. The number of ketones is 1. The van der Waals surface area contributed by atoms with Crippen LogP contribution in [0.2, 0.25) is 0 Å². The van der Waals surface area contributed by atoms with Crippen molar-refractivity contribution in [1.82, 2.24) is 14.9 Å². The van der Waals surface area contributed by atoms with Crippen LogP contribution >= 0.6 is 0 Å². The van der Waals surface area contributed by atoms with E-state index in [1.807, 2.05) is 36.4 Å². The lowest BCUT2D eigenvalue weighted by Gasteiger charge is -2.26. The highest BCUT2D eigenvalue weighted by molar-refractivity contribution is 6.07. The first-order valence-corrected chi connectivity index (χ1v) is 11.2. The molecule has 4 rings (SSSR count). The zero-order chi connectivity index (χ0) is 22.2. The Morgan fingerprint density at radius 1 is 1.22 bits per heavy atom. The van der Waals surface area contributed by atoms with Crippen molar-refractivity contribution in [3.05, 3.63) is 70.2 Å². The van der Waals surface area contributed by atoms with Crippen molar-refractivity contribution in [2.45, 2.75) is 12.8 Å². The fourth-order valence-corrected chi connectivity index (χ4v) is 3.94. The molecular formula is C26H31N3O3. The normalized spacial score (nSPS) is 16.4. The molecule has 168 valence electrons. The van der Waals surface area contributed by atoms with Crippen LogP contribution < -0.4 is 10.6 Å². The van der Waals surface area contributed by atoms with Crippen LogP contribution in [-0.2, 0) is 9.47 Å². The maximum atomic E-state index is 13.0. The molecule has 2 aromatic rings. The smallest absolute Gasteiger partial charge is 0.225 e. The summed E-state index contributed by atoms with van der Waals surface area (Å²) in [6, 6.07) is 3.75. The Morgan fingerprint density at radius 2 is 2.06 bits per heavy atom. The van der Waals surface area contributed by atoms with Crippen LogP contribution in [0.5, 0.6) is 0 Å². The van der Waals surface area contributed by atoms with E-state index in [1.54, 1.807) is 6.08 Å². The van der Waals surface area contributed by atoms with E-state index in [4.69, 9.17) is 9.47 Å². The van der Waals surface area contributed by atoms with Gasteiger partial charge >= 0.3 is 0 Å². The number of carbonyl (C=O) groups excluding carboxylic acids is 1. The van der Waals surface area contributed by atoms with E-state index in [-0.39, 0.29) is 5.78 Å². The molecule has 0 unspecified atom stereocenters. The molecule has 1 saturated heterocycles. The summed E-state index contributed by atoms with van der Waals surface area (Å²) in [6.07, 6.45) is 15.7. The molecule has 0 spiro atoms. The van der Waals surface area contributed by atoms with Gasteiger partial charge in [0.2, 0.25) is 5.78 Å². The molecule has 3 heterocycles. The number of fused-ring (bicyclic) bond motifs is 1. The largest absolute Gasteiger partial charge is 0.379 e. The molecule has 1 fully saturated rings. The zero-order valence-electron chi connectivity index (χ0n) is 18.4. The minimum absolute atomic E-state index is 0.0639. The molecular weight excluding hydrogens is 402 g/mol. The molecule has 0 radical (unpaired) electrons. The number of morpholine rings is 1. The standard InChI is InChI=1S/C26H31N3O3/c1-2-20-18-24(26(30)25-19-21-8-4-3-5-9-23(21)28-25)27-22(20)10-6-14-31-15-7-11-29-12-16-32-17-13-29/h2-4,6,8-10,18-19,27-28H,1,5,7,11-17H2/b10-6-. The predicted molar refractivity (Wildman–Crippen MR) is 129 cm³/mol. The Bertz CT molecular complexity index is 1110. The van der Waals surface area contributed by atoms with Gasteiger partial charge in [0.25, 0.3) is 0 Å². The van der Waals surface area contributed by atoms with Crippen molar-refractivity contribution < 1.29 is 14.3 Å². The number of carbonyl (C=O) groups is 1. The number of hydrogen-bond acceptors (Lipinski definition) is 4. The quantitative estimate of drug-likeness (QED) is 0.446. The number of aromatic amines is 2. The Kier molecular flexibility index (Phi) is 7.72. The average Bonchev–Trinajstić information content (AvgIpc) is 3.36. The van der Waals surface area contributed by atoms with Gasteiger partial charge in [-0.1, -0.05) is 43.0 Å². The molecule has 1 aliphatic heterocycles. The minimum Gasteiger partial charge on any atom is -0.379 e. The van der Waals surface area contributed by atoms with E-state index >= 15 is 0 Å². The van der Waals surface area contributed by atoms with Gasteiger partial charge in [-0.2, -0.15) is 0 Å². The van der Waals surface area contributed by atoms with Gasteiger partial charge in [0.05, 0.1) is 31.2 Å². The number of allylic oxidation sites excluding steroid dienone is 2. The van der Waals surface area contributed by atoms with Gasteiger partial charge in [-0.25, -0.2) is 0 Å². The summed E-state index contributed by atoms with van der Waals surface area (Å²) in [5.74, 6) is -0.0639. The van der Waals surface area contributed by atoms with Crippen molar-refractivity contribution in [3.8, 4) is 0 Å². The van der Waals surface area contributed by atoms with Crippen LogP contribution in [0.1, 0.15) is 40.3 Å². The molecule has 2 N–H and O–H groups in total. The Morgan fingerprint density at radius 3 is 2.91 bits per heavy atom. The molecule has 2 aromatic heterocycles. The van der Waals surface area contributed by atoms with Gasteiger partial charge in [0.1, 0.15) is 0 Å². The van der Waals surface area contributed by atoms with Crippen LogP contribution in [0.4, 0.5) is 0 Å². The van der Waals surface area contributed by atoms with Crippen LogP contribution in [0, 0.1) is 0 Å². The number of hydrogen-bond donors (Lipinski definition) is 2. The van der Waals surface area contributed by atoms with Gasteiger partial charge in [0.15, 0.2) is 0 Å². The van der Waals surface area contributed by atoms with Gasteiger partial charge in [0, 0.05) is 37.3 Å². The molecule has 6 heteroatoms. The number of nitrogens with zero attached hydrogens (tertiary/aromatic N) is 1. The first-order chi connectivity index (χ1) is 15.7. The predicted octanol–water partition coefficient (Wildman–Crippen LogP) is 2.49. The highest BCUT2D eigenvalue weighted by Crippen LogP contribution is 2.16. The van der Waals surface area contributed by atoms with E-state index in [0.717, 1.165) is 74.1 Å². The summed E-state index contributed by atoms with van der Waals surface area (Å²) in [5.41, 5.74) is 2.87. The highest BCUT2D eigenvalue weighted by Gasteiger charge is 2.15. The summed E-state index contributed by atoms with van der Waals surface area (Å²) < 4.78 is 11.1. The lowest BCUT2D eigenvalue weighted by molar-refractivity contribution is 0.0330. The maximum absolute atomic E-state index is 13.0. The van der Waals surface area contributed by atoms with Crippen molar-refractivity contribution in [2.75, 3.05) is 46.1 Å². The molecule has 0 bridgehead atoms. The monoisotopic (exact) mass is 433 g/mol. The number of H-pyrrole nitrogens is 2. The van der Waals surface area contributed by atoms with Crippen molar-refractivity contribution in [3.63, 3.8) is 0 Å². The first kappa shape index (κ1) is 22.3. The average molecular weight is 434 g/mol. The third kappa shape index (κ3) is 5.65. The first-order valence-electron chi connectivity index (χ1n) is 11.2. The van der Waals surface area contributed by atoms with E-state index in [0.29, 0.717) is 18.0 Å². The van der Waals surface area contributed by atoms with Crippen LogP contribution in [0.25, 0.3) is 24.3 Å². The van der Waals surface area contributed by atoms with Gasteiger partial charge in [-0.3, -0.25) is 9.69 Å². The van der Waals surface area contributed by atoms with Crippen LogP contribution in [-0.4, -0.2) is 66.7 Å². The number of aromatic nitrogens is 2.